The molecule has 1 aromatic heterocycles. The highest BCUT2D eigenvalue weighted by atomic mass is 19.1. The fourth-order valence-electron chi connectivity index (χ4n) is 4.92. The number of nitrogens with zero attached hydrogens (tertiary/aromatic N) is 4. The highest BCUT2D eigenvalue weighted by molar-refractivity contribution is 5.53. The Hall–Kier alpha value is -2.72. The van der Waals surface area contributed by atoms with E-state index in [-0.39, 0.29) is 23.6 Å². The number of aromatic amines is 1. The monoisotopic (exact) mass is 475 g/mol. The lowest BCUT2D eigenvalue weighted by Crippen LogP contribution is -2.48. The van der Waals surface area contributed by atoms with Crippen molar-refractivity contribution in [2.75, 3.05) is 68.8 Å². The van der Waals surface area contributed by atoms with Gasteiger partial charge in [-0.2, -0.15) is 0 Å². The van der Waals surface area contributed by atoms with Crippen molar-refractivity contribution in [1.82, 2.24) is 14.9 Å². The number of hydrogen-bond acceptors (Lipinski definition) is 7. The molecule has 0 saturated carbocycles. The fraction of sp³-hybridized carbons (Fsp3) is 0.583. The van der Waals surface area contributed by atoms with E-state index in [4.69, 9.17) is 9.47 Å². The number of ether oxygens (including phenoxy) is 2. The van der Waals surface area contributed by atoms with Crippen LogP contribution in [0, 0.1) is 11.6 Å². The van der Waals surface area contributed by atoms with Gasteiger partial charge in [0.2, 0.25) is 5.95 Å². The molecular formula is C24H31F2N5O3. The molecule has 0 spiro atoms. The Morgan fingerprint density at radius 1 is 1.00 bits per heavy atom. The number of piperazine rings is 1. The van der Waals surface area contributed by atoms with E-state index in [0.29, 0.717) is 57.3 Å². The van der Waals surface area contributed by atoms with E-state index in [1.807, 2.05) is 4.90 Å². The summed E-state index contributed by atoms with van der Waals surface area (Å²) in [4.78, 5) is 25.8. The van der Waals surface area contributed by atoms with Gasteiger partial charge in [0.05, 0.1) is 24.5 Å². The Labute approximate surface area is 197 Å². The van der Waals surface area contributed by atoms with Gasteiger partial charge in [0.1, 0.15) is 18.0 Å². The predicted molar refractivity (Wildman–Crippen MR) is 125 cm³/mol. The number of likely N-dealkylation sites (tertiary alicyclic amines) is 1. The molecule has 2 saturated heterocycles. The average Bonchev–Trinajstić information content (AvgIpc) is 2.85. The standard InChI is InChI=1S/C24H31F2N5O3/c25-19-14-17(34-13-11-29-5-2-1-3-6-29)15-20(26)22(19)30-7-9-31(10-8-30)24-27-21-4-12-33-16-18(21)23(32)28-24/h14-15H,1-13,16H2,(H,27,28,32). The van der Waals surface area contributed by atoms with Gasteiger partial charge < -0.3 is 19.3 Å². The lowest BCUT2D eigenvalue weighted by Gasteiger charge is -2.36. The van der Waals surface area contributed by atoms with Crippen LogP contribution in [0.15, 0.2) is 16.9 Å². The lowest BCUT2D eigenvalue weighted by atomic mass is 10.1. The Kier molecular flexibility index (Phi) is 6.96. The van der Waals surface area contributed by atoms with E-state index in [0.717, 1.165) is 25.3 Å². The quantitative estimate of drug-likeness (QED) is 0.687. The van der Waals surface area contributed by atoms with E-state index in [1.165, 1.54) is 31.4 Å². The molecule has 8 nitrogen and oxygen atoms in total. The molecule has 34 heavy (non-hydrogen) atoms. The second kappa shape index (κ2) is 10.3. The first kappa shape index (κ1) is 23.0. The molecule has 2 aromatic rings. The third kappa shape index (κ3) is 5.02. The highest BCUT2D eigenvalue weighted by Crippen LogP contribution is 2.29. The minimum Gasteiger partial charge on any atom is -0.492 e. The Balaban J connectivity index is 1.20. The first-order valence-corrected chi connectivity index (χ1v) is 12.1. The zero-order valence-electron chi connectivity index (χ0n) is 19.3. The van der Waals surface area contributed by atoms with Crippen LogP contribution < -0.4 is 20.1 Å². The smallest absolute Gasteiger partial charge is 0.258 e. The molecule has 0 aliphatic carbocycles. The molecule has 3 aliphatic rings. The molecule has 1 aromatic carbocycles. The summed E-state index contributed by atoms with van der Waals surface area (Å²) in [5, 5.41) is 0. The molecule has 0 unspecified atom stereocenters. The summed E-state index contributed by atoms with van der Waals surface area (Å²) in [7, 11) is 0. The average molecular weight is 476 g/mol. The summed E-state index contributed by atoms with van der Waals surface area (Å²) >= 11 is 0. The number of piperidine rings is 1. The molecule has 0 atom stereocenters. The molecule has 0 amide bonds. The second-order valence-corrected chi connectivity index (χ2v) is 9.08. The van der Waals surface area contributed by atoms with Crippen molar-refractivity contribution < 1.29 is 18.3 Å². The van der Waals surface area contributed by atoms with Gasteiger partial charge in [-0.1, -0.05) is 6.42 Å². The maximum absolute atomic E-state index is 14.9. The molecule has 184 valence electrons. The first-order chi connectivity index (χ1) is 16.6. The maximum atomic E-state index is 14.9. The topological polar surface area (TPSA) is 73.9 Å². The van der Waals surface area contributed by atoms with Crippen molar-refractivity contribution in [1.29, 1.82) is 0 Å². The number of anilines is 2. The third-order valence-corrected chi connectivity index (χ3v) is 6.83. The SMILES string of the molecule is O=c1[nH]c(N2CCN(c3c(F)cc(OCCN4CCCCC4)cc3F)CC2)nc2c1COCC2. The Morgan fingerprint density at radius 3 is 2.44 bits per heavy atom. The molecule has 5 rings (SSSR count). The van der Waals surface area contributed by atoms with Crippen LogP contribution in [0.3, 0.4) is 0 Å². The van der Waals surface area contributed by atoms with Gasteiger partial charge in [0.25, 0.3) is 5.56 Å². The Morgan fingerprint density at radius 2 is 1.71 bits per heavy atom. The largest absolute Gasteiger partial charge is 0.492 e. The van der Waals surface area contributed by atoms with Crippen LogP contribution in [-0.2, 0) is 17.8 Å². The number of fused-ring (bicyclic) bond motifs is 1. The predicted octanol–water partition coefficient (Wildman–Crippen LogP) is 2.31. The van der Waals surface area contributed by atoms with Crippen LogP contribution in [0.1, 0.15) is 30.5 Å². The van der Waals surface area contributed by atoms with Crippen molar-refractivity contribution >= 4 is 11.6 Å². The van der Waals surface area contributed by atoms with Crippen LogP contribution in [0.5, 0.6) is 5.75 Å². The van der Waals surface area contributed by atoms with E-state index in [2.05, 4.69) is 14.9 Å². The molecule has 1 N–H and O–H groups in total. The minimum absolute atomic E-state index is 0.0351. The molecule has 4 heterocycles. The van der Waals surface area contributed by atoms with Gasteiger partial charge in [-0.15, -0.1) is 0 Å². The number of H-pyrrole nitrogens is 1. The molecular weight excluding hydrogens is 444 g/mol. The lowest BCUT2D eigenvalue weighted by molar-refractivity contribution is 0.108. The van der Waals surface area contributed by atoms with Gasteiger partial charge in [-0.25, -0.2) is 13.8 Å². The minimum atomic E-state index is -0.623. The number of nitrogens with one attached hydrogen (secondary N) is 1. The van der Waals surface area contributed by atoms with E-state index >= 15 is 0 Å². The van der Waals surface area contributed by atoms with Gasteiger partial charge in [-0.3, -0.25) is 14.7 Å². The van der Waals surface area contributed by atoms with Crippen molar-refractivity contribution in [3.63, 3.8) is 0 Å². The molecule has 2 fully saturated rings. The van der Waals surface area contributed by atoms with Gasteiger partial charge in [0.15, 0.2) is 11.6 Å². The number of hydrogen-bond donors (Lipinski definition) is 1. The maximum Gasteiger partial charge on any atom is 0.258 e. The van der Waals surface area contributed by atoms with Gasteiger partial charge >= 0.3 is 0 Å². The van der Waals surface area contributed by atoms with E-state index in [9.17, 15) is 13.6 Å². The summed E-state index contributed by atoms with van der Waals surface area (Å²) in [6.07, 6.45) is 4.26. The Bertz CT molecular complexity index is 1040. The number of aromatic nitrogens is 2. The van der Waals surface area contributed by atoms with Crippen molar-refractivity contribution in [2.24, 2.45) is 0 Å². The van der Waals surface area contributed by atoms with E-state index < -0.39 is 11.6 Å². The number of halogens is 2. The zero-order valence-corrected chi connectivity index (χ0v) is 19.3. The van der Waals surface area contributed by atoms with E-state index in [1.54, 1.807) is 4.90 Å². The fourth-order valence-corrected chi connectivity index (χ4v) is 4.92. The summed E-state index contributed by atoms with van der Waals surface area (Å²) in [6.45, 7) is 5.92. The summed E-state index contributed by atoms with van der Waals surface area (Å²) in [5.74, 6) is -0.527. The highest BCUT2D eigenvalue weighted by Gasteiger charge is 2.26. The van der Waals surface area contributed by atoms with Crippen LogP contribution >= 0.6 is 0 Å². The van der Waals surface area contributed by atoms with Crippen molar-refractivity contribution in [2.45, 2.75) is 32.3 Å². The zero-order chi connectivity index (χ0) is 23.5. The molecule has 10 heteroatoms. The summed E-state index contributed by atoms with van der Waals surface area (Å²) in [5.41, 5.74) is 1.12. The van der Waals surface area contributed by atoms with Gasteiger partial charge in [-0.05, 0) is 25.9 Å². The molecule has 0 radical (unpaired) electrons. The first-order valence-electron chi connectivity index (χ1n) is 12.1. The molecule has 0 bridgehead atoms. The van der Waals surface area contributed by atoms with Gasteiger partial charge in [0, 0.05) is 51.3 Å². The molecule has 3 aliphatic heterocycles. The van der Waals surface area contributed by atoms with Crippen LogP contribution in [0.2, 0.25) is 0 Å². The second-order valence-electron chi connectivity index (χ2n) is 9.08. The van der Waals surface area contributed by atoms with Crippen LogP contribution in [0.4, 0.5) is 20.4 Å². The number of rotatable bonds is 6. The summed E-state index contributed by atoms with van der Waals surface area (Å²) < 4.78 is 40.8. The normalized spacial score (nSPS) is 19.2. The summed E-state index contributed by atoms with van der Waals surface area (Å²) in [6, 6.07) is 2.54. The van der Waals surface area contributed by atoms with Crippen molar-refractivity contribution in [3.8, 4) is 5.75 Å². The number of benzene rings is 1. The van der Waals surface area contributed by atoms with Crippen LogP contribution in [-0.4, -0.2) is 73.9 Å². The van der Waals surface area contributed by atoms with Crippen molar-refractivity contribution in [3.05, 3.63) is 45.4 Å². The third-order valence-electron chi connectivity index (χ3n) is 6.83. The van der Waals surface area contributed by atoms with Crippen LogP contribution in [0.25, 0.3) is 0 Å².